The van der Waals surface area contributed by atoms with E-state index in [0.717, 1.165) is 11.1 Å². The maximum atomic E-state index is 13.8. The molecule has 5 nitrogen and oxygen atoms in total. The van der Waals surface area contributed by atoms with E-state index in [4.69, 9.17) is 23.7 Å². The van der Waals surface area contributed by atoms with Gasteiger partial charge in [-0.05, 0) is 108 Å². The minimum absolute atomic E-state index is 0.0459. The van der Waals surface area contributed by atoms with Crippen LogP contribution in [-0.2, 0) is 15.6 Å². The second-order valence-corrected chi connectivity index (χ2v) is 17.1. The van der Waals surface area contributed by atoms with Crippen LogP contribution in [0.2, 0.25) is 0 Å². The summed E-state index contributed by atoms with van der Waals surface area (Å²) < 4.78 is 86.2. The average molecular weight is 937 g/mol. The minimum atomic E-state index is -3.03. The van der Waals surface area contributed by atoms with Crippen molar-refractivity contribution in [3.8, 4) is 34.5 Å². The number of benzene rings is 6. The van der Waals surface area contributed by atoms with E-state index in [1.165, 1.54) is 12.1 Å². The molecule has 6 aromatic carbocycles. The molecular formula is C48H44Br2F4O5. The van der Waals surface area contributed by atoms with E-state index in [2.05, 4.69) is 31.9 Å². The van der Waals surface area contributed by atoms with E-state index >= 15 is 0 Å². The zero-order valence-corrected chi connectivity index (χ0v) is 36.1. The lowest BCUT2D eigenvalue weighted by atomic mass is 9.76. The van der Waals surface area contributed by atoms with Gasteiger partial charge in [0.25, 0.3) is 0 Å². The molecule has 0 spiro atoms. The predicted octanol–water partition coefficient (Wildman–Crippen LogP) is 15.5. The normalized spacial score (nSPS) is 12.9. The van der Waals surface area contributed by atoms with Crippen molar-refractivity contribution in [1.29, 1.82) is 0 Å². The molecule has 0 aliphatic rings. The fourth-order valence-electron chi connectivity index (χ4n) is 7.14. The van der Waals surface area contributed by atoms with Crippen molar-refractivity contribution >= 4 is 31.9 Å². The second kappa shape index (κ2) is 19.5. The van der Waals surface area contributed by atoms with Gasteiger partial charge in [-0.2, -0.15) is 17.6 Å². The Kier molecular flexibility index (Phi) is 14.4. The second-order valence-electron chi connectivity index (χ2n) is 15.3. The third kappa shape index (κ3) is 12.1. The van der Waals surface area contributed by atoms with Gasteiger partial charge >= 0.3 is 13.2 Å². The topological polar surface area (TPSA) is 46.2 Å². The number of hydrogen-bond donors (Lipinski definition) is 0. The summed E-state index contributed by atoms with van der Waals surface area (Å²) in [5.41, 5.74) is 1.06. The summed E-state index contributed by atoms with van der Waals surface area (Å²) in [4.78, 5) is 0. The van der Waals surface area contributed by atoms with E-state index in [1.54, 1.807) is 24.3 Å². The molecule has 0 fully saturated rings. The number of para-hydroxylation sites is 2. The fraction of sp³-hybridized carbons (Fsp3) is 0.250. The molecule has 0 saturated carbocycles. The lowest BCUT2D eigenvalue weighted by Crippen LogP contribution is -2.27. The van der Waals surface area contributed by atoms with Crippen molar-refractivity contribution in [3.05, 3.63) is 177 Å². The third-order valence-electron chi connectivity index (χ3n) is 9.92. The van der Waals surface area contributed by atoms with Crippen molar-refractivity contribution < 1.29 is 41.2 Å². The molecule has 59 heavy (non-hydrogen) atoms. The van der Waals surface area contributed by atoms with Crippen molar-refractivity contribution in [3.63, 3.8) is 0 Å². The number of halogens is 6. The summed E-state index contributed by atoms with van der Waals surface area (Å²) in [5.74, 6) is 2.54. The highest BCUT2D eigenvalue weighted by Crippen LogP contribution is 2.47. The SMILES string of the molecule is CC(C)(CC(OC(CC(C)(C)c1ccc(Br)cc1OC(F)F)c1cccc(Oc2ccccc2)c1)c1cccc(Oc2ccccc2)c1)c1ccc(Br)cc1OC(F)F. The van der Waals surface area contributed by atoms with E-state index in [9.17, 15) is 17.6 Å². The molecule has 0 aliphatic heterocycles. The van der Waals surface area contributed by atoms with Gasteiger partial charge in [0.2, 0.25) is 0 Å². The van der Waals surface area contributed by atoms with Gasteiger partial charge in [-0.3, -0.25) is 0 Å². The Labute approximate surface area is 359 Å². The maximum Gasteiger partial charge on any atom is 0.387 e. The van der Waals surface area contributed by atoms with Gasteiger partial charge in [-0.1, -0.05) is 132 Å². The van der Waals surface area contributed by atoms with Gasteiger partial charge in [0.05, 0.1) is 12.2 Å². The molecule has 0 aromatic heterocycles. The Morgan fingerprint density at radius 3 is 1.20 bits per heavy atom. The first-order chi connectivity index (χ1) is 28.1. The van der Waals surface area contributed by atoms with E-state index in [-0.39, 0.29) is 11.5 Å². The van der Waals surface area contributed by atoms with Crippen molar-refractivity contribution in [2.45, 2.75) is 76.8 Å². The van der Waals surface area contributed by atoms with Crippen LogP contribution in [0.15, 0.2) is 155 Å². The van der Waals surface area contributed by atoms with Crippen molar-refractivity contribution in [2.24, 2.45) is 0 Å². The monoisotopic (exact) mass is 934 g/mol. The molecule has 0 heterocycles. The van der Waals surface area contributed by atoms with Gasteiger partial charge in [0, 0.05) is 20.1 Å². The van der Waals surface area contributed by atoms with E-state index < -0.39 is 36.3 Å². The maximum absolute atomic E-state index is 13.8. The standard InChI is InChI=1S/C48H44Br2F4O5/c1-47(2,39-23-21-33(49)27-41(39)58-45(51)52)29-43(31-13-11-19-37(25-31)55-35-15-7-5-8-16-35)57-44(32-14-12-20-38(26-32)56-36-17-9-6-10-18-36)30-48(3,4)40-24-22-34(50)28-42(40)59-46(53)54/h5-28,43-46H,29-30H2,1-4H3. The zero-order valence-electron chi connectivity index (χ0n) is 32.9. The van der Waals surface area contributed by atoms with E-state index in [1.807, 2.05) is 137 Å². The smallest absolute Gasteiger partial charge is 0.387 e. The van der Waals surface area contributed by atoms with Crippen LogP contribution in [0.5, 0.6) is 34.5 Å². The fourth-order valence-corrected chi connectivity index (χ4v) is 7.82. The first kappa shape index (κ1) is 43.7. The molecule has 11 heteroatoms. The van der Waals surface area contributed by atoms with Crippen molar-refractivity contribution in [1.82, 2.24) is 0 Å². The Hall–Kier alpha value is -4.84. The Bertz CT molecular complexity index is 2130. The van der Waals surface area contributed by atoms with Crippen LogP contribution in [0.4, 0.5) is 17.6 Å². The predicted molar refractivity (Wildman–Crippen MR) is 229 cm³/mol. The zero-order chi connectivity index (χ0) is 42.2. The molecule has 0 aliphatic carbocycles. The lowest BCUT2D eigenvalue weighted by Gasteiger charge is -2.37. The Morgan fingerprint density at radius 1 is 0.458 bits per heavy atom. The summed E-state index contributed by atoms with van der Waals surface area (Å²) in [7, 11) is 0. The molecule has 0 saturated heterocycles. The largest absolute Gasteiger partial charge is 0.457 e. The number of hydrogen-bond acceptors (Lipinski definition) is 5. The Morgan fingerprint density at radius 2 is 0.831 bits per heavy atom. The van der Waals surface area contributed by atoms with Gasteiger partial charge in [0.1, 0.15) is 34.5 Å². The first-order valence-electron chi connectivity index (χ1n) is 19.0. The van der Waals surface area contributed by atoms with Crippen LogP contribution in [-0.4, -0.2) is 13.2 Å². The number of ether oxygens (including phenoxy) is 5. The highest BCUT2D eigenvalue weighted by molar-refractivity contribution is 9.10. The van der Waals surface area contributed by atoms with E-state index in [0.29, 0.717) is 55.9 Å². The summed E-state index contributed by atoms with van der Waals surface area (Å²) in [5, 5.41) is 0. The quantitative estimate of drug-likeness (QED) is 0.0804. The summed E-state index contributed by atoms with van der Waals surface area (Å²) in [6, 6.07) is 44.2. The average Bonchev–Trinajstić information content (AvgIpc) is 3.17. The molecule has 308 valence electrons. The van der Waals surface area contributed by atoms with Crippen LogP contribution in [0, 0.1) is 0 Å². The van der Waals surface area contributed by atoms with Gasteiger partial charge < -0.3 is 23.7 Å². The highest BCUT2D eigenvalue weighted by Gasteiger charge is 2.36. The van der Waals surface area contributed by atoms with Crippen LogP contribution < -0.4 is 18.9 Å². The summed E-state index contributed by atoms with van der Waals surface area (Å²) >= 11 is 6.81. The highest BCUT2D eigenvalue weighted by atomic mass is 79.9. The van der Waals surface area contributed by atoms with Crippen LogP contribution >= 0.6 is 31.9 Å². The van der Waals surface area contributed by atoms with Crippen LogP contribution in [0.1, 0.15) is 75.0 Å². The van der Waals surface area contributed by atoms with Gasteiger partial charge in [-0.25, -0.2) is 0 Å². The molecule has 0 amide bonds. The number of rotatable bonds is 18. The number of alkyl halides is 4. The molecule has 2 atom stereocenters. The molecular weight excluding hydrogens is 892 g/mol. The Balaban J connectivity index is 1.46. The van der Waals surface area contributed by atoms with Gasteiger partial charge in [-0.15, -0.1) is 0 Å². The van der Waals surface area contributed by atoms with Crippen molar-refractivity contribution in [2.75, 3.05) is 0 Å². The molecule has 0 N–H and O–H groups in total. The van der Waals surface area contributed by atoms with Crippen LogP contribution in [0.25, 0.3) is 0 Å². The molecule has 6 aromatic rings. The molecule has 0 radical (unpaired) electrons. The molecule has 2 unspecified atom stereocenters. The van der Waals surface area contributed by atoms with Gasteiger partial charge in [0.15, 0.2) is 0 Å². The molecule has 0 bridgehead atoms. The first-order valence-corrected chi connectivity index (χ1v) is 20.5. The minimum Gasteiger partial charge on any atom is -0.457 e. The third-order valence-corrected chi connectivity index (χ3v) is 10.9. The summed E-state index contributed by atoms with van der Waals surface area (Å²) in [6.07, 6.45) is -0.738. The molecule has 6 rings (SSSR count). The lowest BCUT2D eigenvalue weighted by molar-refractivity contribution is -0.0539. The van der Waals surface area contributed by atoms with Crippen LogP contribution in [0.3, 0.4) is 0 Å². The summed E-state index contributed by atoms with van der Waals surface area (Å²) in [6.45, 7) is 1.76.